The van der Waals surface area contributed by atoms with Crippen LogP contribution >= 0.6 is 0 Å². The summed E-state index contributed by atoms with van der Waals surface area (Å²) in [6, 6.07) is 1.06. The molecule has 2 aliphatic heterocycles. The zero-order valence-corrected chi connectivity index (χ0v) is 18.2. The average Bonchev–Trinajstić information content (AvgIpc) is 3.10. The van der Waals surface area contributed by atoms with Gasteiger partial charge in [0.15, 0.2) is 0 Å². The Kier molecular flexibility index (Phi) is 6.23. The smallest absolute Gasteiger partial charge is 0.417 e. The van der Waals surface area contributed by atoms with E-state index in [4.69, 9.17) is 9.47 Å². The summed E-state index contributed by atoms with van der Waals surface area (Å²) >= 11 is 0. The molecule has 0 N–H and O–H groups in total. The highest BCUT2D eigenvalue weighted by atomic mass is 19.4. The van der Waals surface area contributed by atoms with Crippen LogP contribution in [0.2, 0.25) is 0 Å². The van der Waals surface area contributed by atoms with E-state index in [-0.39, 0.29) is 25.6 Å². The van der Waals surface area contributed by atoms with Gasteiger partial charge < -0.3 is 19.3 Å². The number of halogens is 3. The number of hydrogen-bond donors (Lipinski definition) is 0. The van der Waals surface area contributed by atoms with E-state index in [1.807, 2.05) is 0 Å². The molecule has 2 amide bonds. The Morgan fingerprint density at radius 2 is 1.90 bits per heavy atom. The van der Waals surface area contributed by atoms with E-state index >= 15 is 0 Å². The Morgan fingerprint density at radius 3 is 2.52 bits per heavy atom. The fourth-order valence-electron chi connectivity index (χ4n) is 4.08. The summed E-state index contributed by atoms with van der Waals surface area (Å²) < 4.78 is 49.9. The SMILES string of the molecule is COCC1(C(=O)N2CCc3ncc(C(F)(F)F)cc3C2)CCN(C(=O)OC(C)(C)C)C1. The molecule has 0 aromatic carbocycles. The molecular weight excluding hydrogens is 415 g/mol. The quantitative estimate of drug-likeness (QED) is 0.717. The maximum atomic E-state index is 13.5. The Labute approximate surface area is 179 Å². The lowest BCUT2D eigenvalue weighted by Crippen LogP contribution is -2.50. The molecule has 3 heterocycles. The molecule has 1 aromatic rings. The van der Waals surface area contributed by atoms with E-state index in [1.54, 1.807) is 25.7 Å². The van der Waals surface area contributed by atoms with Crippen LogP contribution in [-0.2, 0) is 33.4 Å². The van der Waals surface area contributed by atoms with Crippen LogP contribution in [0, 0.1) is 5.41 Å². The van der Waals surface area contributed by atoms with Gasteiger partial charge in [-0.25, -0.2) is 4.79 Å². The highest BCUT2D eigenvalue weighted by molar-refractivity contribution is 5.85. The predicted octanol–water partition coefficient (Wildman–Crippen LogP) is 3.26. The van der Waals surface area contributed by atoms with Gasteiger partial charge in [-0.15, -0.1) is 0 Å². The van der Waals surface area contributed by atoms with Gasteiger partial charge in [0.2, 0.25) is 5.91 Å². The average molecular weight is 443 g/mol. The van der Waals surface area contributed by atoms with Gasteiger partial charge in [-0.1, -0.05) is 0 Å². The number of nitrogens with zero attached hydrogens (tertiary/aromatic N) is 3. The number of alkyl halides is 3. The molecule has 0 saturated carbocycles. The Bertz CT molecular complexity index is 853. The second-order valence-corrected chi connectivity index (χ2v) is 9.17. The van der Waals surface area contributed by atoms with Crippen molar-refractivity contribution in [1.82, 2.24) is 14.8 Å². The second kappa shape index (κ2) is 8.29. The highest BCUT2D eigenvalue weighted by Gasteiger charge is 2.49. The number of fused-ring (bicyclic) bond motifs is 1. The summed E-state index contributed by atoms with van der Waals surface area (Å²) in [5, 5.41) is 0. The number of aromatic nitrogens is 1. The molecule has 10 heteroatoms. The fraction of sp³-hybridized carbons (Fsp3) is 0.667. The van der Waals surface area contributed by atoms with Crippen molar-refractivity contribution < 1.29 is 32.2 Å². The number of pyridine rings is 1. The summed E-state index contributed by atoms with van der Waals surface area (Å²) in [5.41, 5.74) is -1.49. The van der Waals surface area contributed by atoms with Crippen molar-refractivity contribution in [3.8, 4) is 0 Å². The van der Waals surface area contributed by atoms with Crippen LogP contribution in [0.3, 0.4) is 0 Å². The molecule has 0 spiro atoms. The molecule has 0 bridgehead atoms. The third kappa shape index (κ3) is 5.11. The monoisotopic (exact) mass is 443 g/mol. The summed E-state index contributed by atoms with van der Waals surface area (Å²) in [5.74, 6) is -0.233. The number of methoxy groups -OCH3 is 1. The molecule has 1 atom stereocenters. The zero-order valence-electron chi connectivity index (χ0n) is 18.2. The molecule has 3 rings (SSSR count). The minimum Gasteiger partial charge on any atom is -0.444 e. The molecule has 172 valence electrons. The fourth-order valence-corrected chi connectivity index (χ4v) is 4.08. The summed E-state index contributed by atoms with van der Waals surface area (Å²) in [4.78, 5) is 32.9. The first-order valence-corrected chi connectivity index (χ1v) is 10.2. The van der Waals surface area contributed by atoms with E-state index in [9.17, 15) is 22.8 Å². The summed E-state index contributed by atoms with van der Waals surface area (Å²) in [6.07, 6.45) is -3.40. The molecule has 1 saturated heterocycles. The molecular formula is C21H28F3N3O4. The maximum absolute atomic E-state index is 13.5. The van der Waals surface area contributed by atoms with Gasteiger partial charge in [0.1, 0.15) is 5.60 Å². The van der Waals surface area contributed by atoms with Gasteiger partial charge in [-0.05, 0) is 38.8 Å². The van der Waals surface area contributed by atoms with E-state index in [1.165, 1.54) is 12.0 Å². The number of amides is 2. The molecule has 7 nitrogen and oxygen atoms in total. The molecule has 1 fully saturated rings. The van der Waals surface area contributed by atoms with Crippen LogP contribution in [0.25, 0.3) is 0 Å². The van der Waals surface area contributed by atoms with Gasteiger partial charge in [0.25, 0.3) is 0 Å². The molecule has 1 unspecified atom stereocenters. The van der Waals surface area contributed by atoms with Gasteiger partial charge in [0, 0.05) is 51.6 Å². The topological polar surface area (TPSA) is 72.0 Å². The van der Waals surface area contributed by atoms with Crippen LogP contribution in [0.1, 0.15) is 44.0 Å². The molecule has 0 radical (unpaired) electrons. The largest absolute Gasteiger partial charge is 0.444 e. The molecule has 31 heavy (non-hydrogen) atoms. The second-order valence-electron chi connectivity index (χ2n) is 9.17. The van der Waals surface area contributed by atoms with Gasteiger partial charge in [-0.2, -0.15) is 13.2 Å². The van der Waals surface area contributed by atoms with Gasteiger partial charge >= 0.3 is 12.3 Å². The molecule has 0 aliphatic carbocycles. The van der Waals surface area contributed by atoms with E-state index in [2.05, 4.69) is 4.98 Å². The predicted molar refractivity (Wildman–Crippen MR) is 105 cm³/mol. The lowest BCUT2D eigenvalue weighted by atomic mass is 9.85. The molecule has 2 aliphatic rings. The normalized spacial score (nSPS) is 21.8. The third-order valence-electron chi connectivity index (χ3n) is 5.53. The van der Waals surface area contributed by atoms with Crippen molar-refractivity contribution in [3.05, 3.63) is 29.1 Å². The first kappa shape index (κ1) is 23.3. The van der Waals surface area contributed by atoms with E-state index < -0.39 is 28.8 Å². The first-order valence-electron chi connectivity index (χ1n) is 10.2. The van der Waals surface area contributed by atoms with E-state index in [0.717, 1.165) is 12.3 Å². The summed E-state index contributed by atoms with van der Waals surface area (Å²) in [6.45, 7) is 6.28. The number of rotatable bonds is 3. The van der Waals surface area contributed by atoms with Gasteiger partial charge in [-0.3, -0.25) is 9.78 Å². The van der Waals surface area contributed by atoms with E-state index in [0.29, 0.717) is 37.2 Å². The summed E-state index contributed by atoms with van der Waals surface area (Å²) in [7, 11) is 1.48. The molecule has 1 aromatic heterocycles. The lowest BCUT2D eigenvalue weighted by molar-refractivity contribution is -0.145. The lowest BCUT2D eigenvalue weighted by Gasteiger charge is -2.36. The third-order valence-corrected chi connectivity index (χ3v) is 5.53. The number of hydrogen-bond acceptors (Lipinski definition) is 5. The van der Waals surface area contributed by atoms with Crippen molar-refractivity contribution in [2.24, 2.45) is 5.41 Å². The Balaban J connectivity index is 1.78. The van der Waals surface area contributed by atoms with Crippen LogP contribution in [0.5, 0.6) is 0 Å². The van der Waals surface area contributed by atoms with Gasteiger partial charge in [0.05, 0.1) is 17.6 Å². The maximum Gasteiger partial charge on any atom is 0.417 e. The minimum atomic E-state index is -4.50. The minimum absolute atomic E-state index is 0.0446. The van der Waals surface area contributed by atoms with Crippen molar-refractivity contribution >= 4 is 12.0 Å². The van der Waals surface area contributed by atoms with Crippen molar-refractivity contribution in [1.29, 1.82) is 0 Å². The Hall–Kier alpha value is -2.36. The Morgan fingerprint density at radius 1 is 1.19 bits per heavy atom. The van der Waals surface area contributed by atoms with Crippen molar-refractivity contribution in [3.63, 3.8) is 0 Å². The number of carbonyl (C=O) groups excluding carboxylic acids is 2. The van der Waals surface area contributed by atoms with Crippen LogP contribution in [-0.4, -0.2) is 65.7 Å². The zero-order chi connectivity index (χ0) is 23.0. The van der Waals surface area contributed by atoms with Crippen LogP contribution < -0.4 is 0 Å². The van der Waals surface area contributed by atoms with Crippen molar-refractivity contribution in [2.45, 2.75) is 51.9 Å². The van der Waals surface area contributed by atoms with Crippen LogP contribution in [0.4, 0.5) is 18.0 Å². The number of carbonyl (C=O) groups is 2. The van der Waals surface area contributed by atoms with Crippen LogP contribution in [0.15, 0.2) is 12.3 Å². The highest BCUT2D eigenvalue weighted by Crippen LogP contribution is 2.36. The first-order chi connectivity index (χ1) is 14.3. The standard InChI is InChI=1S/C21H28F3N3O4/c1-19(2,3)31-18(29)27-8-6-20(12-27,13-30-4)17(28)26-7-5-16-14(11-26)9-15(10-25-16)21(22,23)24/h9-10H,5-8,11-13H2,1-4H3. The number of likely N-dealkylation sites (tertiary alicyclic amines) is 1. The number of ether oxygens (including phenoxy) is 2. The van der Waals surface area contributed by atoms with Crippen molar-refractivity contribution in [2.75, 3.05) is 33.4 Å².